The maximum atomic E-state index is 11.8. The summed E-state index contributed by atoms with van der Waals surface area (Å²) in [6.45, 7) is 0.813. The molecule has 20 heavy (non-hydrogen) atoms. The summed E-state index contributed by atoms with van der Waals surface area (Å²) in [6, 6.07) is 5.33. The second kappa shape index (κ2) is 6.99. The van der Waals surface area contributed by atoms with Crippen molar-refractivity contribution in [2.45, 2.75) is 6.54 Å². The van der Waals surface area contributed by atoms with Crippen molar-refractivity contribution in [3.8, 4) is 0 Å². The molecule has 0 bridgehead atoms. The molecule has 1 aromatic heterocycles. The molecular formula is C12H12Cl2N4OS. The van der Waals surface area contributed by atoms with Crippen molar-refractivity contribution >= 4 is 45.6 Å². The summed E-state index contributed by atoms with van der Waals surface area (Å²) in [5.74, 6) is -0.141. The summed E-state index contributed by atoms with van der Waals surface area (Å²) in [5.41, 5.74) is 2.52. The number of amides is 1. The Morgan fingerprint density at radius 1 is 1.35 bits per heavy atom. The highest BCUT2D eigenvalue weighted by Crippen LogP contribution is 2.19. The maximum absolute atomic E-state index is 11.8. The number of likely N-dealkylation sites (N-methyl/N-ethyl adjacent to an activating group) is 1. The predicted octanol–water partition coefficient (Wildman–Crippen LogP) is 2.92. The van der Waals surface area contributed by atoms with E-state index in [-0.39, 0.29) is 12.5 Å². The number of benzene rings is 1. The van der Waals surface area contributed by atoms with Gasteiger partial charge in [0, 0.05) is 16.6 Å². The van der Waals surface area contributed by atoms with Crippen LogP contribution in [0.2, 0.25) is 10.0 Å². The van der Waals surface area contributed by atoms with Crippen LogP contribution in [0.5, 0.6) is 0 Å². The number of rotatable bonds is 5. The largest absolute Gasteiger partial charge is 0.299 e. The minimum Gasteiger partial charge on any atom is -0.299 e. The Bertz CT molecular complexity index is 571. The van der Waals surface area contributed by atoms with Gasteiger partial charge in [0.05, 0.1) is 6.54 Å². The van der Waals surface area contributed by atoms with Crippen molar-refractivity contribution in [1.82, 2.24) is 15.1 Å². The minimum absolute atomic E-state index is 0.141. The molecule has 1 aromatic carbocycles. The molecule has 0 radical (unpaired) electrons. The highest BCUT2D eigenvalue weighted by Gasteiger charge is 2.09. The topological polar surface area (TPSA) is 58.1 Å². The molecule has 0 saturated heterocycles. The molecule has 0 aliphatic rings. The lowest BCUT2D eigenvalue weighted by Crippen LogP contribution is -2.29. The van der Waals surface area contributed by atoms with Gasteiger partial charge in [0.1, 0.15) is 5.51 Å². The van der Waals surface area contributed by atoms with E-state index in [4.69, 9.17) is 23.2 Å². The molecule has 1 N–H and O–H groups in total. The normalized spacial score (nSPS) is 10.8. The summed E-state index contributed by atoms with van der Waals surface area (Å²) in [4.78, 5) is 13.6. The number of carbonyl (C=O) groups excluding carboxylic acids is 1. The third-order valence-electron chi connectivity index (χ3n) is 2.39. The van der Waals surface area contributed by atoms with E-state index in [1.54, 1.807) is 11.6 Å². The Labute approximate surface area is 130 Å². The number of hydrogen-bond acceptors (Lipinski definition) is 5. The molecule has 0 fully saturated rings. The highest BCUT2D eigenvalue weighted by molar-refractivity contribution is 7.13. The van der Waals surface area contributed by atoms with Gasteiger partial charge in [0.2, 0.25) is 11.0 Å². The van der Waals surface area contributed by atoms with Crippen LogP contribution in [0.3, 0.4) is 0 Å². The second-order valence-electron chi connectivity index (χ2n) is 4.24. The molecule has 1 heterocycles. The lowest BCUT2D eigenvalue weighted by atomic mass is 10.2. The Balaban J connectivity index is 1.88. The van der Waals surface area contributed by atoms with Gasteiger partial charge in [-0.05, 0) is 30.8 Å². The molecule has 0 atom stereocenters. The lowest BCUT2D eigenvalue weighted by molar-refractivity contribution is -0.117. The van der Waals surface area contributed by atoms with Crippen LogP contribution in [-0.4, -0.2) is 34.6 Å². The number of carbonyl (C=O) groups is 1. The van der Waals surface area contributed by atoms with Crippen molar-refractivity contribution in [2.75, 3.05) is 18.9 Å². The van der Waals surface area contributed by atoms with Crippen LogP contribution in [0.1, 0.15) is 5.56 Å². The average molecular weight is 331 g/mol. The first-order chi connectivity index (χ1) is 9.52. The van der Waals surface area contributed by atoms with Crippen LogP contribution in [0.25, 0.3) is 0 Å². The summed E-state index contributed by atoms with van der Waals surface area (Å²) in [6.07, 6.45) is 0. The minimum atomic E-state index is -0.141. The van der Waals surface area contributed by atoms with E-state index in [1.165, 1.54) is 11.3 Å². The third-order valence-corrected chi connectivity index (χ3v) is 3.44. The van der Waals surface area contributed by atoms with E-state index < -0.39 is 0 Å². The van der Waals surface area contributed by atoms with Crippen LogP contribution in [0.15, 0.2) is 23.7 Å². The molecule has 0 saturated carbocycles. The van der Waals surface area contributed by atoms with Gasteiger partial charge < -0.3 is 0 Å². The zero-order chi connectivity index (χ0) is 14.5. The average Bonchev–Trinajstić information content (AvgIpc) is 2.79. The fourth-order valence-corrected chi connectivity index (χ4v) is 2.73. The van der Waals surface area contributed by atoms with Gasteiger partial charge in [-0.1, -0.05) is 34.5 Å². The molecule has 0 spiro atoms. The molecule has 1 amide bonds. The molecule has 0 aliphatic heterocycles. The van der Waals surface area contributed by atoms with Crippen molar-refractivity contribution in [3.05, 3.63) is 39.3 Å². The number of aromatic nitrogens is 2. The second-order valence-corrected chi connectivity index (χ2v) is 5.95. The first-order valence-electron chi connectivity index (χ1n) is 5.72. The number of nitrogens with one attached hydrogen (secondary N) is 1. The van der Waals surface area contributed by atoms with Gasteiger partial charge in [-0.15, -0.1) is 10.2 Å². The van der Waals surface area contributed by atoms with E-state index in [0.29, 0.717) is 21.7 Å². The summed E-state index contributed by atoms with van der Waals surface area (Å²) in [7, 11) is 1.84. The standard InChI is InChI=1S/C12H12Cl2N4OS/c1-18(5-8-2-9(13)4-10(14)3-8)6-11(19)16-12-17-15-7-20-12/h2-4,7H,5-6H2,1H3,(H,16,17,19). The van der Waals surface area contributed by atoms with Crippen molar-refractivity contribution in [3.63, 3.8) is 0 Å². The zero-order valence-corrected chi connectivity index (χ0v) is 13.0. The smallest absolute Gasteiger partial charge is 0.240 e. The molecule has 0 aliphatic carbocycles. The molecule has 106 valence electrons. The van der Waals surface area contributed by atoms with Crippen LogP contribution in [0.4, 0.5) is 5.13 Å². The van der Waals surface area contributed by atoms with Gasteiger partial charge in [0.15, 0.2) is 0 Å². The van der Waals surface area contributed by atoms with Crippen molar-refractivity contribution < 1.29 is 4.79 Å². The van der Waals surface area contributed by atoms with Gasteiger partial charge in [0.25, 0.3) is 0 Å². The summed E-state index contributed by atoms with van der Waals surface area (Å²) >= 11 is 13.2. The SMILES string of the molecule is CN(CC(=O)Nc1nncs1)Cc1cc(Cl)cc(Cl)c1. The lowest BCUT2D eigenvalue weighted by Gasteiger charge is -2.16. The molecular weight excluding hydrogens is 319 g/mol. The fraction of sp³-hybridized carbons (Fsp3) is 0.250. The Hall–Kier alpha value is -1.21. The third kappa shape index (κ3) is 4.72. The number of nitrogens with zero attached hydrogens (tertiary/aromatic N) is 3. The van der Waals surface area contributed by atoms with E-state index >= 15 is 0 Å². The Kier molecular flexibility index (Phi) is 5.31. The molecule has 0 unspecified atom stereocenters. The first kappa shape index (κ1) is 15.2. The highest BCUT2D eigenvalue weighted by atomic mass is 35.5. The van der Waals surface area contributed by atoms with Crippen LogP contribution < -0.4 is 5.32 Å². The number of hydrogen-bond donors (Lipinski definition) is 1. The fourth-order valence-electron chi connectivity index (χ4n) is 1.70. The first-order valence-corrected chi connectivity index (χ1v) is 7.36. The van der Waals surface area contributed by atoms with Crippen molar-refractivity contribution in [1.29, 1.82) is 0 Å². The van der Waals surface area contributed by atoms with E-state index in [1.807, 2.05) is 24.1 Å². The van der Waals surface area contributed by atoms with E-state index in [9.17, 15) is 4.79 Å². The van der Waals surface area contributed by atoms with Crippen LogP contribution in [-0.2, 0) is 11.3 Å². The monoisotopic (exact) mass is 330 g/mol. The van der Waals surface area contributed by atoms with Gasteiger partial charge in [-0.3, -0.25) is 15.0 Å². The molecule has 2 rings (SSSR count). The Morgan fingerprint density at radius 2 is 2.05 bits per heavy atom. The summed E-state index contributed by atoms with van der Waals surface area (Å²) < 4.78 is 0. The zero-order valence-electron chi connectivity index (χ0n) is 10.6. The van der Waals surface area contributed by atoms with Crippen LogP contribution in [0, 0.1) is 0 Å². The van der Waals surface area contributed by atoms with Gasteiger partial charge >= 0.3 is 0 Å². The van der Waals surface area contributed by atoms with Crippen LogP contribution >= 0.6 is 34.5 Å². The molecule has 8 heteroatoms. The number of anilines is 1. The summed E-state index contributed by atoms with van der Waals surface area (Å²) in [5, 5.41) is 11.7. The van der Waals surface area contributed by atoms with Gasteiger partial charge in [-0.2, -0.15) is 0 Å². The predicted molar refractivity (Wildman–Crippen MR) is 81.3 cm³/mol. The van der Waals surface area contributed by atoms with E-state index in [2.05, 4.69) is 15.5 Å². The molecule has 2 aromatic rings. The maximum Gasteiger partial charge on any atom is 0.240 e. The van der Waals surface area contributed by atoms with Crippen molar-refractivity contribution in [2.24, 2.45) is 0 Å². The van der Waals surface area contributed by atoms with E-state index in [0.717, 1.165) is 5.56 Å². The Morgan fingerprint density at radius 3 is 2.65 bits per heavy atom. The number of halogens is 2. The molecule has 5 nitrogen and oxygen atoms in total. The van der Waals surface area contributed by atoms with Gasteiger partial charge in [-0.25, -0.2) is 0 Å². The quantitative estimate of drug-likeness (QED) is 0.915.